The molecular weight excluding hydrogens is 784 g/mol. The van der Waals surface area contributed by atoms with Gasteiger partial charge in [0.1, 0.15) is 0 Å². The zero-order chi connectivity index (χ0) is 45.4. The average Bonchev–Trinajstić information content (AvgIpc) is 3.63. The van der Waals surface area contributed by atoms with Gasteiger partial charge in [-0.3, -0.25) is 0 Å². The van der Waals surface area contributed by atoms with Crippen molar-refractivity contribution in [3.63, 3.8) is 0 Å². The van der Waals surface area contributed by atoms with Gasteiger partial charge in [0.05, 0.1) is 11.2 Å². The standard InChI is InChI=1S/C62H67BN2/c1-38-31-51-54-52(32-38)65-55-48(61(11)27-19-20-28-62(61,65)12)33-41(39-21-15-13-16-22-39)34-49(55)63(54)53-44-36-46-47(59(7,8)30-29-58(46,5)6)37-45(44)60(9,10)56(53)64(51)50-26-25-42(57(2,3)4)35-43(50)40-23-17-14-18-24-40/h13-18,21-26,31-37H,19-20,27-30H2,1-12H3. The summed E-state index contributed by atoms with van der Waals surface area (Å²) in [7, 11) is 0. The molecule has 2 nitrogen and oxygen atoms in total. The quantitative estimate of drug-likeness (QED) is 0.164. The zero-order valence-corrected chi connectivity index (χ0v) is 41.2. The van der Waals surface area contributed by atoms with Crippen LogP contribution in [0, 0.1) is 6.92 Å². The molecular formula is C62H67BN2. The molecule has 1 fully saturated rings. The first-order chi connectivity index (χ1) is 30.8. The SMILES string of the molecule is Cc1cc2c3c(c1)N1c4c(cc(-c5ccccc5)cc4C4(C)CCCCC14C)B3C1=C(N2c2ccc(C(C)(C)C)cc2-c2ccccc2)C(C)(C)c2cc3c(cc21)C(C)(C)CCC3(C)C. The van der Waals surface area contributed by atoms with Crippen molar-refractivity contribution in [1.82, 2.24) is 0 Å². The van der Waals surface area contributed by atoms with E-state index in [9.17, 15) is 0 Å². The third-order valence-electron chi connectivity index (χ3n) is 18.2. The number of rotatable bonds is 3. The van der Waals surface area contributed by atoms with E-state index in [-0.39, 0.29) is 39.3 Å². The average molecular weight is 851 g/mol. The van der Waals surface area contributed by atoms with Gasteiger partial charge < -0.3 is 9.80 Å². The predicted octanol–water partition coefficient (Wildman–Crippen LogP) is 15.0. The second-order valence-corrected chi connectivity index (χ2v) is 24.4. The lowest BCUT2D eigenvalue weighted by Crippen LogP contribution is -2.61. The van der Waals surface area contributed by atoms with Crippen molar-refractivity contribution in [1.29, 1.82) is 0 Å². The lowest BCUT2D eigenvalue weighted by atomic mass is 9.32. The van der Waals surface area contributed by atoms with Crippen molar-refractivity contribution in [2.75, 3.05) is 9.80 Å². The molecule has 6 aromatic rings. The van der Waals surface area contributed by atoms with E-state index in [2.05, 4.69) is 208 Å². The lowest BCUT2D eigenvalue weighted by molar-refractivity contribution is 0.195. The van der Waals surface area contributed by atoms with Gasteiger partial charge in [-0.15, -0.1) is 0 Å². The summed E-state index contributed by atoms with van der Waals surface area (Å²) in [6.45, 7) is 29.9. The summed E-state index contributed by atoms with van der Waals surface area (Å²) in [6.07, 6.45) is 7.32. The molecule has 65 heavy (non-hydrogen) atoms. The van der Waals surface area contributed by atoms with Gasteiger partial charge in [0.2, 0.25) is 0 Å². The second kappa shape index (κ2) is 13.2. The van der Waals surface area contributed by atoms with Crippen LogP contribution in [-0.2, 0) is 27.1 Å². The molecule has 3 heterocycles. The number of nitrogens with zero attached hydrogens (tertiary/aromatic N) is 2. The maximum absolute atomic E-state index is 2.91. The monoisotopic (exact) mass is 851 g/mol. The van der Waals surface area contributed by atoms with Gasteiger partial charge in [0.15, 0.2) is 0 Å². The van der Waals surface area contributed by atoms with Gasteiger partial charge in [-0.05, 0) is 158 Å². The number of aryl methyl sites for hydroxylation is 1. The molecule has 3 aliphatic heterocycles. The highest BCUT2D eigenvalue weighted by Crippen LogP contribution is 2.65. The van der Waals surface area contributed by atoms with Gasteiger partial charge in [0.25, 0.3) is 6.71 Å². The Morgan fingerprint density at radius 3 is 1.85 bits per heavy atom. The highest BCUT2D eigenvalue weighted by molar-refractivity contribution is 7.03. The van der Waals surface area contributed by atoms with Crippen molar-refractivity contribution in [3.8, 4) is 22.3 Å². The first kappa shape index (κ1) is 41.2. The van der Waals surface area contributed by atoms with E-state index < -0.39 is 0 Å². The van der Waals surface area contributed by atoms with E-state index in [1.165, 1.54) is 128 Å². The Kier molecular flexibility index (Phi) is 8.37. The molecule has 0 amide bonds. The fourth-order valence-corrected chi connectivity index (χ4v) is 14.2. The number of fused-ring (bicyclic) bond motifs is 9. The molecule has 2 unspecified atom stereocenters. The number of allylic oxidation sites excluding steroid dienone is 1. The lowest BCUT2D eigenvalue weighted by Gasteiger charge is -2.53. The Labute approximate surface area is 390 Å². The normalized spacial score (nSPS) is 23.7. The van der Waals surface area contributed by atoms with Crippen molar-refractivity contribution in [3.05, 3.63) is 160 Å². The summed E-state index contributed by atoms with van der Waals surface area (Å²) in [4.78, 5) is 5.71. The molecule has 2 atom stereocenters. The van der Waals surface area contributed by atoms with Gasteiger partial charge in [-0.1, -0.05) is 167 Å². The topological polar surface area (TPSA) is 6.48 Å². The molecule has 3 aliphatic carbocycles. The Hall–Kier alpha value is -5.28. The largest absolute Gasteiger partial charge is 0.335 e. The smallest absolute Gasteiger partial charge is 0.252 e. The Balaban J connectivity index is 1.25. The van der Waals surface area contributed by atoms with Gasteiger partial charge in [0, 0.05) is 39.2 Å². The van der Waals surface area contributed by atoms with E-state index >= 15 is 0 Å². The van der Waals surface area contributed by atoms with Crippen LogP contribution < -0.4 is 20.7 Å². The fourth-order valence-electron chi connectivity index (χ4n) is 14.2. The minimum Gasteiger partial charge on any atom is -0.335 e. The zero-order valence-electron chi connectivity index (χ0n) is 41.2. The molecule has 0 spiro atoms. The van der Waals surface area contributed by atoms with Crippen molar-refractivity contribution in [2.45, 2.75) is 154 Å². The molecule has 6 aromatic carbocycles. The minimum atomic E-state index is -0.293. The molecule has 0 N–H and O–H groups in total. The minimum absolute atomic E-state index is 0.000746. The Morgan fingerprint density at radius 1 is 0.538 bits per heavy atom. The Morgan fingerprint density at radius 2 is 1.17 bits per heavy atom. The molecule has 6 aliphatic rings. The predicted molar refractivity (Wildman–Crippen MR) is 279 cm³/mol. The number of benzene rings is 6. The van der Waals surface area contributed by atoms with Crippen LogP contribution in [0.25, 0.3) is 27.7 Å². The highest BCUT2D eigenvalue weighted by atomic mass is 15.3. The highest BCUT2D eigenvalue weighted by Gasteiger charge is 2.63. The fraction of sp³-hybridized carbons (Fsp3) is 0.387. The van der Waals surface area contributed by atoms with E-state index in [0.717, 1.165) is 0 Å². The van der Waals surface area contributed by atoms with Crippen LogP contribution >= 0.6 is 0 Å². The van der Waals surface area contributed by atoms with E-state index in [1.807, 2.05) is 0 Å². The summed E-state index contributed by atoms with van der Waals surface area (Å²) >= 11 is 0. The Bertz CT molecular complexity index is 3050. The molecule has 0 radical (unpaired) electrons. The van der Waals surface area contributed by atoms with E-state index in [4.69, 9.17) is 0 Å². The summed E-state index contributed by atoms with van der Waals surface area (Å²) in [6, 6.07) is 45.8. The van der Waals surface area contributed by atoms with Crippen LogP contribution in [0.3, 0.4) is 0 Å². The molecule has 12 rings (SSSR count). The molecule has 0 aromatic heterocycles. The molecule has 328 valence electrons. The van der Waals surface area contributed by atoms with Crippen molar-refractivity contribution < 1.29 is 0 Å². The van der Waals surface area contributed by atoms with Crippen molar-refractivity contribution >= 4 is 45.9 Å². The third-order valence-corrected chi connectivity index (χ3v) is 18.2. The first-order valence-electron chi connectivity index (χ1n) is 24.9. The number of anilines is 4. The van der Waals surface area contributed by atoms with Crippen LogP contribution in [0.2, 0.25) is 0 Å². The molecule has 3 heteroatoms. The van der Waals surface area contributed by atoms with Crippen LogP contribution in [0.5, 0.6) is 0 Å². The van der Waals surface area contributed by atoms with Crippen LogP contribution in [0.15, 0.2) is 121 Å². The summed E-state index contributed by atoms with van der Waals surface area (Å²) in [5.74, 6) is 0. The van der Waals surface area contributed by atoms with Gasteiger partial charge in [-0.2, -0.15) is 0 Å². The van der Waals surface area contributed by atoms with Crippen molar-refractivity contribution in [2.24, 2.45) is 0 Å². The van der Waals surface area contributed by atoms with Gasteiger partial charge in [-0.25, -0.2) is 0 Å². The second-order valence-electron chi connectivity index (χ2n) is 24.4. The number of hydrogen-bond acceptors (Lipinski definition) is 2. The van der Waals surface area contributed by atoms with E-state index in [1.54, 1.807) is 16.7 Å². The maximum Gasteiger partial charge on any atom is 0.252 e. The number of hydrogen-bond donors (Lipinski definition) is 0. The van der Waals surface area contributed by atoms with Gasteiger partial charge >= 0.3 is 0 Å². The summed E-state index contributed by atoms with van der Waals surface area (Å²) in [5, 5.41) is 0. The van der Waals surface area contributed by atoms with Crippen LogP contribution in [0.1, 0.15) is 154 Å². The third kappa shape index (κ3) is 5.42. The van der Waals surface area contributed by atoms with E-state index in [0.29, 0.717) is 0 Å². The summed E-state index contributed by atoms with van der Waals surface area (Å²) < 4.78 is 0. The first-order valence-corrected chi connectivity index (χ1v) is 24.9. The van der Waals surface area contributed by atoms with Crippen LogP contribution in [0.4, 0.5) is 22.7 Å². The summed E-state index contributed by atoms with van der Waals surface area (Å²) in [5.41, 5.74) is 26.8. The maximum atomic E-state index is 2.91. The van der Waals surface area contributed by atoms with Crippen LogP contribution in [-0.4, -0.2) is 12.3 Å². The molecule has 0 bridgehead atoms. The molecule has 1 saturated carbocycles. The molecule has 0 saturated heterocycles.